The fourth-order valence-corrected chi connectivity index (χ4v) is 1.88. The minimum Gasteiger partial charge on any atom is -0.356 e. The smallest absolute Gasteiger partial charge is 0.193 e. The summed E-state index contributed by atoms with van der Waals surface area (Å²) in [6.07, 6.45) is 2.65. The molecule has 1 fully saturated rings. The van der Waals surface area contributed by atoms with Gasteiger partial charge in [0.15, 0.2) is 5.96 Å². The van der Waals surface area contributed by atoms with Gasteiger partial charge in [0.2, 0.25) is 0 Å². The van der Waals surface area contributed by atoms with Crippen molar-refractivity contribution in [2.24, 2.45) is 10.9 Å². The molecule has 5 heteroatoms. The summed E-state index contributed by atoms with van der Waals surface area (Å²) in [4.78, 5) is 6.31. The van der Waals surface area contributed by atoms with Crippen molar-refractivity contribution in [1.82, 2.24) is 10.2 Å². The van der Waals surface area contributed by atoms with Crippen LogP contribution >= 0.6 is 24.0 Å². The van der Waals surface area contributed by atoms with E-state index in [1.54, 1.807) is 19.2 Å². The van der Waals surface area contributed by atoms with Gasteiger partial charge >= 0.3 is 0 Å². The van der Waals surface area contributed by atoms with Gasteiger partial charge in [-0.05, 0) is 36.5 Å². The molecule has 0 radical (unpaired) electrons. The largest absolute Gasteiger partial charge is 0.356 e. The zero-order valence-electron chi connectivity index (χ0n) is 11.4. The molecule has 0 saturated heterocycles. The fraction of sp³-hybridized carbons (Fsp3) is 0.500. The maximum Gasteiger partial charge on any atom is 0.193 e. The van der Waals surface area contributed by atoms with Gasteiger partial charge in [-0.15, -0.1) is 24.0 Å². The van der Waals surface area contributed by atoms with E-state index in [1.807, 2.05) is 7.05 Å². The van der Waals surface area contributed by atoms with Crippen LogP contribution in [0.1, 0.15) is 18.4 Å². The fourth-order valence-electron chi connectivity index (χ4n) is 1.88. The standard InChI is InChI=1S/C14H20FN3.HI/c1-16-14(17-9-11-3-4-11)18(2)10-12-5-7-13(15)8-6-12;/h5-8,11H,3-4,9-10H2,1-2H3,(H,16,17);1H. The number of hydrogen-bond acceptors (Lipinski definition) is 1. The van der Waals surface area contributed by atoms with Crippen LogP contribution in [0, 0.1) is 11.7 Å². The van der Waals surface area contributed by atoms with E-state index in [0.29, 0.717) is 0 Å². The number of halogens is 2. The van der Waals surface area contributed by atoms with Gasteiger partial charge in [-0.25, -0.2) is 4.39 Å². The van der Waals surface area contributed by atoms with Crippen LogP contribution in [0.25, 0.3) is 0 Å². The van der Waals surface area contributed by atoms with Crippen molar-refractivity contribution >= 4 is 29.9 Å². The van der Waals surface area contributed by atoms with Crippen molar-refractivity contribution in [1.29, 1.82) is 0 Å². The van der Waals surface area contributed by atoms with Gasteiger partial charge in [-0.2, -0.15) is 0 Å². The highest BCUT2D eigenvalue weighted by atomic mass is 127. The van der Waals surface area contributed by atoms with E-state index < -0.39 is 0 Å². The molecule has 0 bridgehead atoms. The third-order valence-corrected chi connectivity index (χ3v) is 3.15. The number of hydrogen-bond donors (Lipinski definition) is 1. The average Bonchev–Trinajstić information content (AvgIpc) is 3.17. The molecular formula is C14H21FIN3. The Morgan fingerprint density at radius 2 is 2.00 bits per heavy atom. The summed E-state index contributed by atoms with van der Waals surface area (Å²) in [5.74, 6) is 1.52. The topological polar surface area (TPSA) is 27.6 Å². The van der Waals surface area contributed by atoms with Gasteiger partial charge < -0.3 is 10.2 Å². The number of rotatable bonds is 4. The third kappa shape index (κ3) is 5.34. The lowest BCUT2D eigenvalue weighted by molar-refractivity contribution is 0.474. The SMILES string of the molecule is CN=C(NCC1CC1)N(C)Cc1ccc(F)cc1.I. The highest BCUT2D eigenvalue weighted by molar-refractivity contribution is 14.0. The van der Waals surface area contributed by atoms with E-state index in [-0.39, 0.29) is 29.8 Å². The number of nitrogens with one attached hydrogen (secondary N) is 1. The Bertz CT molecular complexity index is 415. The quantitative estimate of drug-likeness (QED) is 0.497. The predicted octanol–water partition coefficient (Wildman–Crippen LogP) is 2.86. The molecule has 1 N–H and O–H groups in total. The van der Waals surface area contributed by atoms with E-state index in [4.69, 9.17) is 0 Å². The van der Waals surface area contributed by atoms with Crippen LogP contribution in [-0.2, 0) is 6.54 Å². The zero-order chi connectivity index (χ0) is 13.0. The molecule has 0 atom stereocenters. The lowest BCUT2D eigenvalue weighted by Gasteiger charge is -2.22. The Balaban J connectivity index is 0.00000180. The van der Waals surface area contributed by atoms with Crippen LogP contribution < -0.4 is 5.32 Å². The molecule has 106 valence electrons. The predicted molar refractivity (Wildman–Crippen MR) is 87.4 cm³/mol. The maximum atomic E-state index is 12.8. The zero-order valence-corrected chi connectivity index (χ0v) is 13.7. The Kier molecular flexibility index (Phi) is 6.54. The average molecular weight is 377 g/mol. The van der Waals surface area contributed by atoms with Crippen molar-refractivity contribution < 1.29 is 4.39 Å². The molecule has 0 heterocycles. The minimum absolute atomic E-state index is 0. The lowest BCUT2D eigenvalue weighted by atomic mass is 10.2. The summed E-state index contributed by atoms with van der Waals surface area (Å²) in [6, 6.07) is 6.59. The third-order valence-electron chi connectivity index (χ3n) is 3.15. The van der Waals surface area contributed by atoms with E-state index in [9.17, 15) is 4.39 Å². The molecule has 0 amide bonds. The summed E-state index contributed by atoms with van der Waals surface area (Å²) in [5.41, 5.74) is 1.08. The van der Waals surface area contributed by atoms with Crippen molar-refractivity contribution in [3.63, 3.8) is 0 Å². The summed E-state index contributed by atoms with van der Waals surface area (Å²) in [6.45, 7) is 1.73. The Morgan fingerprint density at radius 1 is 1.37 bits per heavy atom. The first-order valence-corrected chi connectivity index (χ1v) is 6.35. The molecular weight excluding hydrogens is 356 g/mol. The first-order valence-electron chi connectivity index (χ1n) is 6.35. The van der Waals surface area contributed by atoms with Crippen LogP contribution in [0.2, 0.25) is 0 Å². The normalized spacial score (nSPS) is 14.8. The summed E-state index contributed by atoms with van der Waals surface area (Å²) >= 11 is 0. The van der Waals surface area contributed by atoms with Crippen LogP contribution in [-0.4, -0.2) is 31.5 Å². The van der Waals surface area contributed by atoms with Crippen molar-refractivity contribution in [2.75, 3.05) is 20.6 Å². The Hall–Kier alpha value is -0.850. The molecule has 1 aliphatic rings. The first-order chi connectivity index (χ1) is 8.69. The highest BCUT2D eigenvalue weighted by Crippen LogP contribution is 2.27. The van der Waals surface area contributed by atoms with E-state index in [0.717, 1.165) is 30.5 Å². The van der Waals surface area contributed by atoms with Crippen molar-refractivity contribution in [2.45, 2.75) is 19.4 Å². The maximum absolute atomic E-state index is 12.8. The second-order valence-corrected chi connectivity index (χ2v) is 4.85. The summed E-state index contributed by atoms with van der Waals surface area (Å²) in [7, 11) is 3.78. The van der Waals surface area contributed by atoms with Gasteiger partial charge in [0.1, 0.15) is 5.82 Å². The van der Waals surface area contributed by atoms with Crippen molar-refractivity contribution in [3.8, 4) is 0 Å². The molecule has 2 rings (SSSR count). The molecule has 0 aliphatic heterocycles. The molecule has 0 aromatic heterocycles. The van der Waals surface area contributed by atoms with E-state index in [2.05, 4.69) is 15.2 Å². The lowest BCUT2D eigenvalue weighted by Crippen LogP contribution is -2.39. The minimum atomic E-state index is -0.197. The van der Waals surface area contributed by atoms with Gasteiger partial charge in [0, 0.05) is 27.2 Å². The van der Waals surface area contributed by atoms with Gasteiger partial charge in [-0.3, -0.25) is 4.99 Å². The van der Waals surface area contributed by atoms with E-state index in [1.165, 1.54) is 25.0 Å². The Morgan fingerprint density at radius 3 is 2.53 bits per heavy atom. The molecule has 0 unspecified atom stereocenters. The number of guanidine groups is 1. The number of aliphatic imine (C=N–C) groups is 1. The molecule has 3 nitrogen and oxygen atoms in total. The number of benzene rings is 1. The van der Waals surface area contributed by atoms with Crippen LogP contribution in [0.4, 0.5) is 4.39 Å². The monoisotopic (exact) mass is 377 g/mol. The summed E-state index contributed by atoms with van der Waals surface area (Å²) < 4.78 is 12.8. The van der Waals surface area contributed by atoms with Crippen LogP contribution in [0.15, 0.2) is 29.3 Å². The molecule has 19 heavy (non-hydrogen) atoms. The molecule has 0 spiro atoms. The van der Waals surface area contributed by atoms with Crippen molar-refractivity contribution in [3.05, 3.63) is 35.6 Å². The molecule has 1 aliphatic carbocycles. The molecule has 1 saturated carbocycles. The van der Waals surface area contributed by atoms with Gasteiger partial charge in [-0.1, -0.05) is 12.1 Å². The molecule has 1 aromatic carbocycles. The number of nitrogens with zero attached hydrogens (tertiary/aromatic N) is 2. The first kappa shape index (κ1) is 16.2. The second-order valence-electron chi connectivity index (χ2n) is 4.85. The van der Waals surface area contributed by atoms with Gasteiger partial charge in [0.25, 0.3) is 0 Å². The Labute approximate surface area is 131 Å². The summed E-state index contributed by atoms with van der Waals surface area (Å²) in [5, 5.41) is 3.36. The van der Waals surface area contributed by atoms with Gasteiger partial charge in [0.05, 0.1) is 0 Å². The highest BCUT2D eigenvalue weighted by Gasteiger charge is 2.21. The second kappa shape index (κ2) is 7.67. The van der Waals surface area contributed by atoms with Crippen LogP contribution in [0.3, 0.4) is 0 Å². The molecule has 1 aromatic rings. The van der Waals surface area contributed by atoms with Crippen LogP contribution in [0.5, 0.6) is 0 Å². The van der Waals surface area contributed by atoms with E-state index >= 15 is 0 Å².